The summed E-state index contributed by atoms with van der Waals surface area (Å²) in [6, 6.07) is 0. The number of rotatable bonds is 6. The molecule has 0 unspecified atom stereocenters. The van der Waals surface area contributed by atoms with Crippen molar-refractivity contribution in [3.05, 3.63) is 0 Å². The molecule has 76 valence electrons. The second-order valence-electron chi connectivity index (χ2n) is 4.00. The molecule has 0 saturated heterocycles. The van der Waals surface area contributed by atoms with Crippen LogP contribution in [0.1, 0.15) is 20.3 Å². The molecule has 0 aromatic heterocycles. The van der Waals surface area contributed by atoms with Gasteiger partial charge >= 0.3 is 84.3 Å². The zero-order valence-electron chi connectivity index (χ0n) is 8.96. The van der Waals surface area contributed by atoms with Crippen LogP contribution in [0.2, 0.25) is 15.2 Å². The van der Waals surface area contributed by atoms with Crippen molar-refractivity contribution in [1.82, 2.24) is 0 Å². The molecule has 0 radical (unpaired) electrons. The molecule has 0 N–H and O–H groups in total. The maximum atomic E-state index is 9.80. The molecule has 0 aliphatic rings. The van der Waals surface area contributed by atoms with Crippen LogP contribution >= 0.6 is 0 Å². The van der Waals surface area contributed by atoms with E-state index in [1.807, 2.05) is 0 Å². The van der Waals surface area contributed by atoms with Crippen LogP contribution in [0.5, 0.6) is 0 Å². The topological polar surface area (TPSA) is 38.7 Å². The van der Waals surface area contributed by atoms with Crippen LogP contribution in [-0.4, -0.2) is 18.7 Å². The quantitative estimate of drug-likeness (QED) is 0.299. The van der Waals surface area contributed by atoms with Gasteiger partial charge in [0, 0.05) is 0 Å². The first-order chi connectivity index (χ1) is 5.98. The molecular weight excluding hydrogens is 202 g/mol. The zero-order valence-corrected chi connectivity index (χ0v) is 10.5. The summed E-state index contributed by atoms with van der Waals surface area (Å²) in [6.45, 7) is 4.73. The average Bonchev–Trinajstić information content (AvgIpc) is 1.95. The molecule has 0 atom stereocenters. The van der Waals surface area contributed by atoms with Gasteiger partial charge in [0.05, 0.1) is 0 Å². The Kier molecular flexibility index (Phi) is 6.53. The Morgan fingerprint density at radius 2 is 2.08 bits per heavy atom. The summed E-state index contributed by atoms with van der Waals surface area (Å²) in [5.41, 5.74) is 0. The van der Waals surface area contributed by atoms with Gasteiger partial charge < -0.3 is 0 Å². The van der Waals surface area contributed by atoms with Crippen LogP contribution in [0.3, 0.4) is 0 Å². The molecule has 0 aliphatic carbocycles. The SMILES string of the molecule is CC(C)[O][Ti]([CH3])([CH3])[CH2]CCN=C=O. The molecule has 0 spiro atoms. The summed E-state index contributed by atoms with van der Waals surface area (Å²) < 4.78 is 6.97. The first kappa shape index (κ1) is 13.1. The van der Waals surface area contributed by atoms with Gasteiger partial charge in [0.1, 0.15) is 0 Å². The Morgan fingerprint density at radius 1 is 1.46 bits per heavy atom. The molecule has 0 aromatic rings. The van der Waals surface area contributed by atoms with E-state index in [2.05, 4.69) is 29.3 Å². The predicted molar refractivity (Wildman–Crippen MR) is 50.4 cm³/mol. The van der Waals surface area contributed by atoms with E-state index >= 15 is 0 Å². The van der Waals surface area contributed by atoms with Crippen molar-refractivity contribution >= 4 is 6.08 Å². The van der Waals surface area contributed by atoms with Crippen molar-refractivity contribution in [3.63, 3.8) is 0 Å². The predicted octanol–water partition coefficient (Wildman–Crippen LogP) is 2.72. The first-order valence-corrected chi connectivity index (χ1v) is 9.56. The molecule has 0 aromatic carbocycles. The van der Waals surface area contributed by atoms with Crippen molar-refractivity contribution in [2.75, 3.05) is 6.54 Å². The maximum absolute atomic E-state index is 9.80. The molecule has 13 heavy (non-hydrogen) atoms. The van der Waals surface area contributed by atoms with Crippen LogP contribution in [0.4, 0.5) is 0 Å². The molecule has 4 heteroatoms. The van der Waals surface area contributed by atoms with Crippen LogP contribution in [0.15, 0.2) is 4.99 Å². The van der Waals surface area contributed by atoms with Gasteiger partial charge in [0.2, 0.25) is 0 Å². The van der Waals surface area contributed by atoms with Gasteiger partial charge in [-0.1, -0.05) is 0 Å². The van der Waals surface area contributed by atoms with E-state index in [4.69, 9.17) is 3.32 Å². The van der Waals surface area contributed by atoms with E-state index in [0.29, 0.717) is 12.6 Å². The number of hydrogen-bond acceptors (Lipinski definition) is 3. The molecule has 0 rings (SSSR count). The van der Waals surface area contributed by atoms with Crippen molar-refractivity contribution in [2.45, 2.75) is 41.6 Å². The minimum absolute atomic E-state index is 0.324. The number of aliphatic imine (C=N–C) groups is 1. The van der Waals surface area contributed by atoms with Gasteiger partial charge in [-0.3, -0.25) is 0 Å². The number of isocyanates is 1. The summed E-state index contributed by atoms with van der Waals surface area (Å²) in [4.78, 5) is 13.3. The third-order valence-corrected chi connectivity index (χ3v) is 5.83. The van der Waals surface area contributed by atoms with Gasteiger partial charge in [-0.25, -0.2) is 0 Å². The summed E-state index contributed by atoms with van der Waals surface area (Å²) >= 11 is -1.99. The number of carbonyl (C=O) groups excluding carboxylic acids is 1. The van der Waals surface area contributed by atoms with Crippen LogP contribution in [-0.2, 0) is 25.1 Å². The molecule has 0 amide bonds. The summed E-state index contributed by atoms with van der Waals surface area (Å²) in [7, 11) is 0. The molecule has 0 heterocycles. The summed E-state index contributed by atoms with van der Waals surface area (Å²) in [6.07, 6.45) is 2.83. The molecule has 0 saturated carbocycles. The van der Waals surface area contributed by atoms with Crippen LogP contribution in [0.25, 0.3) is 0 Å². The third kappa shape index (κ3) is 8.39. The minimum atomic E-state index is -1.99. The van der Waals surface area contributed by atoms with Gasteiger partial charge in [-0.2, -0.15) is 0 Å². The Morgan fingerprint density at radius 3 is 2.54 bits per heavy atom. The first-order valence-electron chi connectivity index (χ1n) is 4.69. The van der Waals surface area contributed by atoms with Crippen LogP contribution in [0, 0.1) is 0 Å². The Bertz CT molecular complexity index is 186. The molecular formula is C9H19NO2Ti. The normalized spacial score (nSPS) is 11.5. The monoisotopic (exact) mass is 221 g/mol. The number of nitrogens with zero attached hydrogens (tertiary/aromatic N) is 1. The Labute approximate surface area is 84.4 Å². The van der Waals surface area contributed by atoms with Crippen molar-refractivity contribution in [1.29, 1.82) is 0 Å². The van der Waals surface area contributed by atoms with E-state index in [0.717, 1.165) is 11.1 Å². The van der Waals surface area contributed by atoms with Crippen molar-refractivity contribution < 1.29 is 25.1 Å². The van der Waals surface area contributed by atoms with Gasteiger partial charge in [-0.15, -0.1) is 0 Å². The van der Waals surface area contributed by atoms with E-state index in [9.17, 15) is 4.79 Å². The van der Waals surface area contributed by atoms with Gasteiger partial charge in [-0.05, 0) is 0 Å². The zero-order chi connectivity index (χ0) is 10.3. The third-order valence-electron chi connectivity index (χ3n) is 1.67. The standard InChI is InChI=1S/C4H6NO.C3H7O.2CH3.Ti/c1-2-3-5-4-6;1-3(2)4;;;/h1-3H2;3H,1-2H3;2*1H3;/q;-1;;;+1. The van der Waals surface area contributed by atoms with Crippen molar-refractivity contribution in [2.24, 2.45) is 4.99 Å². The summed E-state index contributed by atoms with van der Waals surface area (Å²) in [5, 5.41) is 4.48. The van der Waals surface area contributed by atoms with E-state index in [1.54, 1.807) is 6.08 Å². The fourth-order valence-electron chi connectivity index (χ4n) is 1.33. The molecule has 0 fully saturated rings. The number of hydrogen-bond donors (Lipinski definition) is 0. The fourth-order valence-corrected chi connectivity index (χ4v) is 5.08. The van der Waals surface area contributed by atoms with Gasteiger partial charge in [0.15, 0.2) is 0 Å². The van der Waals surface area contributed by atoms with Gasteiger partial charge in [0.25, 0.3) is 0 Å². The van der Waals surface area contributed by atoms with E-state index in [-0.39, 0.29) is 0 Å². The van der Waals surface area contributed by atoms with Crippen LogP contribution < -0.4 is 0 Å². The van der Waals surface area contributed by atoms with E-state index in [1.165, 1.54) is 0 Å². The second-order valence-corrected chi connectivity index (χ2v) is 10.6. The van der Waals surface area contributed by atoms with Crippen molar-refractivity contribution in [3.8, 4) is 0 Å². The van der Waals surface area contributed by atoms with E-state index < -0.39 is 17.0 Å². The molecule has 3 nitrogen and oxygen atoms in total. The molecule has 0 aliphatic heterocycles. The average molecular weight is 221 g/mol. The molecule has 0 bridgehead atoms. The second kappa shape index (κ2) is 6.50. The Balaban J connectivity index is 3.68. The summed E-state index contributed by atoms with van der Waals surface area (Å²) in [5.74, 6) is 0. The Hall–Kier alpha value is 0.0543. The fraction of sp³-hybridized carbons (Fsp3) is 0.889.